The summed E-state index contributed by atoms with van der Waals surface area (Å²) in [6, 6.07) is 6.20. The van der Waals surface area contributed by atoms with Crippen molar-refractivity contribution in [2.75, 3.05) is 18.5 Å². The van der Waals surface area contributed by atoms with Gasteiger partial charge < -0.3 is 9.84 Å². The van der Waals surface area contributed by atoms with Crippen LogP contribution in [-0.4, -0.2) is 39.4 Å². The molecule has 10 heteroatoms. The fourth-order valence-corrected chi connectivity index (χ4v) is 3.88. The number of hydrogen-bond donors (Lipinski definition) is 2. The maximum atomic E-state index is 15.4. The molecule has 0 unspecified atom stereocenters. The fourth-order valence-electron chi connectivity index (χ4n) is 2.59. The SMILES string of the molecule is C=CCOC(=O)Nc1cccc(-c2nc(C(C)(C)CO)sc2-c2ccnc(Cl)n2)c1F. The predicted molar refractivity (Wildman–Crippen MR) is 119 cm³/mol. The molecule has 2 N–H and O–H groups in total. The standard InChI is InChI=1S/C21H20ClFN4O3S/c1-4-10-30-20(29)26-13-7-5-6-12(15(13)23)16-17(14-8-9-24-19(22)25-14)31-18(27-16)21(2,3)11-28/h4-9,28H,1,10-11H2,2-3H3,(H,26,29). The highest BCUT2D eigenvalue weighted by Gasteiger charge is 2.28. The summed E-state index contributed by atoms with van der Waals surface area (Å²) in [6.07, 6.45) is 2.10. The topological polar surface area (TPSA) is 97.2 Å². The first-order chi connectivity index (χ1) is 14.8. The van der Waals surface area contributed by atoms with E-state index in [1.807, 2.05) is 13.8 Å². The summed E-state index contributed by atoms with van der Waals surface area (Å²) in [5, 5.41) is 12.8. The molecule has 0 atom stereocenters. The summed E-state index contributed by atoms with van der Waals surface area (Å²) in [5.74, 6) is -0.682. The van der Waals surface area contributed by atoms with Crippen LogP contribution in [0.3, 0.4) is 0 Å². The zero-order valence-corrected chi connectivity index (χ0v) is 18.4. The first kappa shape index (κ1) is 22.8. The Labute approximate surface area is 187 Å². The molecule has 0 radical (unpaired) electrons. The maximum Gasteiger partial charge on any atom is 0.412 e. The van der Waals surface area contributed by atoms with E-state index < -0.39 is 17.3 Å². The van der Waals surface area contributed by atoms with Crippen LogP contribution in [0.4, 0.5) is 14.9 Å². The van der Waals surface area contributed by atoms with Crippen molar-refractivity contribution < 1.29 is 19.0 Å². The molecule has 1 aromatic carbocycles. The zero-order chi connectivity index (χ0) is 22.6. The van der Waals surface area contributed by atoms with Crippen molar-refractivity contribution >= 4 is 34.7 Å². The quantitative estimate of drug-likeness (QED) is 0.376. The van der Waals surface area contributed by atoms with Gasteiger partial charge in [0.25, 0.3) is 0 Å². The summed E-state index contributed by atoms with van der Waals surface area (Å²) >= 11 is 7.23. The lowest BCUT2D eigenvalue weighted by atomic mass is 9.96. The number of rotatable bonds is 7. The van der Waals surface area contributed by atoms with Crippen molar-refractivity contribution in [1.82, 2.24) is 15.0 Å². The third-order valence-electron chi connectivity index (χ3n) is 4.28. The van der Waals surface area contributed by atoms with E-state index in [1.54, 1.807) is 18.2 Å². The van der Waals surface area contributed by atoms with Gasteiger partial charge in [-0.25, -0.2) is 24.1 Å². The number of thiazole rings is 1. The van der Waals surface area contributed by atoms with Gasteiger partial charge in [-0.1, -0.05) is 32.6 Å². The Bertz CT molecular complexity index is 1120. The number of benzene rings is 1. The van der Waals surface area contributed by atoms with Gasteiger partial charge in [-0.2, -0.15) is 0 Å². The largest absolute Gasteiger partial charge is 0.445 e. The van der Waals surface area contributed by atoms with Crippen LogP contribution >= 0.6 is 22.9 Å². The van der Waals surface area contributed by atoms with E-state index in [0.717, 1.165) is 0 Å². The van der Waals surface area contributed by atoms with Crippen LogP contribution in [-0.2, 0) is 10.2 Å². The number of anilines is 1. The van der Waals surface area contributed by atoms with Gasteiger partial charge in [-0.15, -0.1) is 11.3 Å². The molecule has 0 saturated carbocycles. The number of nitrogens with one attached hydrogen (secondary N) is 1. The molecule has 31 heavy (non-hydrogen) atoms. The lowest BCUT2D eigenvalue weighted by Gasteiger charge is -2.17. The maximum absolute atomic E-state index is 15.4. The minimum atomic E-state index is -0.806. The normalized spacial score (nSPS) is 11.3. The van der Waals surface area contributed by atoms with E-state index in [-0.39, 0.29) is 29.7 Å². The number of aliphatic hydroxyl groups excluding tert-OH is 1. The van der Waals surface area contributed by atoms with E-state index in [1.165, 1.54) is 29.7 Å². The molecule has 7 nitrogen and oxygen atoms in total. The average Bonchev–Trinajstić information content (AvgIpc) is 3.20. The molecular weight excluding hydrogens is 443 g/mol. The monoisotopic (exact) mass is 462 g/mol. The Kier molecular flexibility index (Phi) is 6.99. The number of amides is 1. The summed E-state index contributed by atoms with van der Waals surface area (Å²) in [4.78, 5) is 25.1. The van der Waals surface area contributed by atoms with Gasteiger partial charge in [0, 0.05) is 17.2 Å². The third kappa shape index (κ3) is 5.07. The van der Waals surface area contributed by atoms with Crippen molar-refractivity contribution in [2.24, 2.45) is 0 Å². The van der Waals surface area contributed by atoms with Gasteiger partial charge in [0.05, 0.1) is 28.6 Å². The number of hydrogen-bond acceptors (Lipinski definition) is 7. The Morgan fingerprint density at radius 2 is 2.16 bits per heavy atom. The van der Waals surface area contributed by atoms with Gasteiger partial charge >= 0.3 is 6.09 Å². The van der Waals surface area contributed by atoms with Gasteiger partial charge in [0.1, 0.15) is 11.6 Å². The smallest absolute Gasteiger partial charge is 0.412 e. The molecule has 3 aromatic rings. The number of nitrogens with zero attached hydrogens (tertiary/aromatic N) is 3. The molecule has 0 spiro atoms. The third-order valence-corrected chi connectivity index (χ3v) is 5.91. The van der Waals surface area contributed by atoms with Crippen LogP contribution in [0.1, 0.15) is 18.9 Å². The molecule has 2 aromatic heterocycles. The van der Waals surface area contributed by atoms with Crippen molar-refractivity contribution in [3.8, 4) is 21.8 Å². The molecule has 0 aliphatic heterocycles. The number of ether oxygens (including phenoxy) is 1. The van der Waals surface area contributed by atoms with Gasteiger partial charge in [0.15, 0.2) is 5.82 Å². The predicted octanol–water partition coefficient (Wildman–Crippen LogP) is 5.06. The second-order valence-electron chi connectivity index (χ2n) is 7.13. The van der Waals surface area contributed by atoms with Crippen LogP contribution in [0.2, 0.25) is 5.28 Å². The number of carbonyl (C=O) groups is 1. The Morgan fingerprint density at radius 3 is 2.84 bits per heavy atom. The minimum absolute atomic E-state index is 0.00253. The highest BCUT2D eigenvalue weighted by Crippen LogP contribution is 2.41. The van der Waals surface area contributed by atoms with Crippen LogP contribution in [0.5, 0.6) is 0 Å². The second-order valence-corrected chi connectivity index (χ2v) is 8.47. The zero-order valence-electron chi connectivity index (χ0n) is 16.9. The fraction of sp³-hybridized carbons (Fsp3) is 0.238. The molecule has 0 bridgehead atoms. The average molecular weight is 463 g/mol. The highest BCUT2D eigenvalue weighted by atomic mass is 35.5. The van der Waals surface area contributed by atoms with Crippen molar-refractivity contribution in [3.05, 3.63) is 59.2 Å². The van der Waals surface area contributed by atoms with E-state index in [2.05, 4.69) is 26.8 Å². The molecule has 0 aliphatic carbocycles. The van der Waals surface area contributed by atoms with Crippen molar-refractivity contribution in [2.45, 2.75) is 19.3 Å². The van der Waals surface area contributed by atoms with Gasteiger partial charge in [0.2, 0.25) is 5.28 Å². The summed E-state index contributed by atoms with van der Waals surface area (Å²) < 4.78 is 20.2. The summed E-state index contributed by atoms with van der Waals surface area (Å²) in [7, 11) is 0. The van der Waals surface area contributed by atoms with Crippen LogP contribution < -0.4 is 5.32 Å². The highest BCUT2D eigenvalue weighted by molar-refractivity contribution is 7.15. The first-order valence-electron chi connectivity index (χ1n) is 9.21. The van der Waals surface area contributed by atoms with Crippen LogP contribution in [0.15, 0.2) is 43.1 Å². The van der Waals surface area contributed by atoms with E-state index in [9.17, 15) is 9.90 Å². The Morgan fingerprint density at radius 1 is 1.39 bits per heavy atom. The number of carbonyl (C=O) groups excluding carboxylic acids is 1. The molecule has 1 amide bonds. The minimum Gasteiger partial charge on any atom is -0.445 e. The molecule has 2 heterocycles. The number of aromatic nitrogens is 3. The Hall–Kier alpha value is -2.88. The molecule has 162 valence electrons. The van der Waals surface area contributed by atoms with E-state index in [4.69, 9.17) is 16.3 Å². The second kappa shape index (κ2) is 9.51. The lowest BCUT2D eigenvalue weighted by molar-refractivity contribution is 0.174. The number of aliphatic hydroxyl groups is 1. The van der Waals surface area contributed by atoms with E-state index >= 15 is 4.39 Å². The Balaban J connectivity index is 2.12. The molecule has 3 rings (SSSR count). The summed E-state index contributed by atoms with van der Waals surface area (Å²) in [5.41, 5.74) is 0.222. The summed E-state index contributed by atoms with van der Waals surface area (Å²) in [6.45, 7) is 6.97. The van der Waals surface area contributed by atoms with Crippen LogP contribution in [0, 0.1) is 5.82 Å². The molecule has 0 saturated heterocycles. The van der Waals surface area contributed by atoms with Gasteiger partial charge in [-0.05, 0) is 29.8 Å². The number of halogens is 2. The lowest BCUT2D eigenvalue weighted by Crippen LogP contribution is -2.21. The van der Waals surface area contributed by atoms with Crippen molar-refractivity contribution in [3.63, 3.8) is 0 Å². The first-order valence-corrected chi connectivity index (χ1v) is 10.4. The molecular formula is C21H20ClFN4O3S. The van der Waals surface area contributed by atoms with Gasteiger partial charge in [-0.3, -0.25) is 5.32 Å². The van der Waals surface area contributed by atoms with E-state index in [0.29, 0.717) is 21.3 Å². The molecule has 0 fully saturated rings. The van der Waals surface area contributed by atoms with Crippen molar-refractivity contribution in [1.29, 1.82) is 0 Å². The van der Waals surface area contributed by atoms with Crippen LogP contribution in [0.25, 0.3) is 21.8 Å². The molecule has 0 aliphatic rings.